The molecule has 0 bridgehead atoms. The van der Waals surface area contributed by atoms with E-state index < -0.39 is 0 Å². The van der Waals surface area contributed by atoms with Gasteiger partial charge in [-0.25, -0.2) is 0 Å². The number of Topliss-reactive ketones (excluding diaryl/α,β-unsaturated/α-hetero) is 1. The van der Waals surface area contributed by atoms with Gasteiger partial charge in [-0.2, -0.15) is 5.26 Å². The highest BCUT2D eigenvalue weighted by Crippen LogP contribution is 2.32. The lowest BCUT2D eigenvalue weighted by Gasteiger charge is -2.29. The monoisotopic (exact) mass is 416 g/mol. The minimum Gasteiger partial charge on any atom is -0.378 e. The van der Waals surface area contributed by atoms with Gasteiger partial charge in [-0.05, 0) is 54.3 Å². The van der Waals surface area contributed by atoms with Crippen molar-refractivity contribution < 1.29 is 9.53 Å². The van der Waals surface area contributed by atoms with Crippen LogP contribution in [0.4, 0.5) is 5.69 Å². The van der Waals surface area contributed by atoms with Gasteiger partial charge in [-0.15, -0.1) is 0 Å². The number of aromatic amines is 1. The molecule has 26 heavy (non-hydrogen) atoms. The summed E-state index contributed by atoms with van der Waals surface area (Å²) in [5.74, 6) is -0.283. The standard InChI is InChI=1S/C19H21BrN4O2/c1-23(2)4-3-13(12-21)19(25)17-9-14-10-18(15(20)11-16(14)22-17)24-5-7-26-8-6-24/h3,9-11,22H,4-8H2,1-2H3/b13-3+. The van der Waals surface area contributed by atoms with Gasteiger partial charge in [0, 0.05) is 35.0 Å². The van der Waals surface area contributed by atoms with Crippen LogP contribution in [-0.4, -0.2) is 62.6 Å². The number of rotatable bonds is 5. The first-order valence-electron chi connectivity index (χ1n) is 8.44. The van der Waals surface area contributed by atoms with Crippen LogP contribution in [0.25, 0.3) is 10.9 Å². The Hall–Kier alpha value is -2.14. The highest BCUT2D eigenvalue weighted by molar-refractivity contribution is 9.10. The molecule has 2 aromatic rings. The van der Waals surface area contributed by atoms with Crippen LogP contribution >= 0.6 is 15.9 Å². The number of morpholine rings is 1. The Balaban J connectivity index is 1.92. The van der Waals surface area contributed by atoms with Crippen molar-refractivity contribution in [1.82, 2.24) is 9.88 Å². The van der Waals surface area contributed by atoms with E-state index in [4.69, 9.17) is 4.74 Å². The molecule has 7 heteroatoms. The van der Waals surface area contributed by atoms with E-state index >= 15 is 0 Å². The number of hydrogen-bond acceptors (Lipinski definition) is 5. The van der Waals surface area contributed by atoms with Gasteiger partial charge in [0.05, 0.1) is 30.2 Å². The first-order chi connectivity index (χ1) is 12.5. The first-order valence-corrected chi connectivity index (χ1v) is 9.23. The number of anilines is 1. The number of ketones is 1. The zero-order chi connectivity index (χ0) is 18.7. The fraction of sp³-hybridized carbons (Fsp3) is 0.368. The van der Waals surface area contributed by atoms with Crippen molar-refractivity contribution in [3.05, 3.63) is 40.0 Å². The number of ether oxygens (including phenoxy) is 1. The summed E-state index contributed by atoms with van der Waals surface area (Å²) in [7, 11) is 3.78. The molecule has 0 saturated carbocycles. The number of fused-ring (bicyclic) bond motifs is 1. The molecule has 0 radical (unpaired) electrons. The minimum atomic E-state index is -0.283. The number of nitrogens with zero attached hydrogens (tertiary/aromatic N) is 3. The molecule has 6 nitrogen and oxygen atoms in total. The number of likely N-dealkylation sites (N-methyl/N-ethyl adjacent to an activating group) is 1. The van der Waals surface area contributed by atoms with E-state index in [0.29, 0.717) is 25.5 Å². The fourth-order valence-electron chi connectivity index (χ4n) is 2.92. The summed E-state index contributed by atoms with van der Waals surface area (Å²) in [5.41, 5.74) is 2.53. The van der Waals surface area contributed by atoms with E-state index in [-0.39, 0.29) is 11.4 Å². The second-order valence-corrected chi connectivity index (χ2v) is 7.35. The van der Waals surface area contributed by atoms with Crippen LogP contribution in [0, 0.1) is 11.3 Å². The molecule has 1 aliphatic heterocycles. The average molecular weight is 417 g/mol. The number of nitriles is 1. The number of benzene rings is 1. The van der Waals surface area contributed by atoms with E-state index in [1.165, 1.54) is 0 Å². The number of H-pyrrole nitrogens is 1. The minimum absolute atomic E-state index is 0.151. The summed E-state index contributed by atoms with van der Waals surface area (Å²) in [6, 6.07) is 7.86. The quantitative estimate of drug-likeness (QED) is 0.460. The molecule has 0 amide bonds. The molecular weight excluding hydrogens is 396 g/mol. The second kappa shape index (κ2) is 8.04. The summed E-state index contributed by atoms with van der Waals surface area (Å²) in [5, 5.41) is 10.3. The summed E-state index contributed by atoms with van der Waals surface area (Å²) < 4.78 is 6.38. The van der Waals surface area contributed by atoms with Gasteiger partial charge in [0.15, 0.2) is 0 Å². The molecule has 1 aromatic heterocycles. The highest BCUT2D eigenvalue weighted by Gasteiger charge is 2.18. The number of hydrogen-bond donors (Lipinski definition) is 1. The molecule has 136 valence electrons. The fourth-order valence-corrected chi connectivity index (χ4v) is 3.51. The van der Waals surface area contributed by atoms with Crippen LogP contribution < -0.4 is 4.90 Å². The molecule has 0 atom stereocenters. The van der Waals surface area contributed by atoms with Crippen molar-refractivity contribution in [3.63, 3.8) is 0 Å². The summed E-state index contributed by atoms with van der Waals surface area (Å²) in [4.78, 5) is 20.0. The molecule has 1 saturated heterocycles. The lowest BCUT2D eigenvalue weighted by molar-refractivity contribution is 0.103. The number of aromatic nitrogens is 1. The van der Waals surface area contributed by atoms with E-state index in [9.17, 15) is 10.1 Å². The Labute approximate surface area is 161 Å². The topological polar surface area (TPSA) is 72.4 Å². The van der Waals surface area contributed by atoms with Crippen LogP contribution in [0.15, 0.2) is 34.3 Å². The number of allylic oxidation sites excluding steroid dienone is 1. The van der Waals surface area contributed by atoms with E-state index in [0.717, 1.165) is 34.2 Å². The Morgan fingerprint density at radius 1 is 1.38 bits per heavy atom. The van der Waals surface area contributed by atoms with Crippen LogP contribution in [0.2, 0.25) is 0 Å². The molecule has 0 unspecified atom stereocenters. The molecule has 2 heterocycles. The second-order valence-electron chi connectivity index (χ2n) is 6.49. The molecule has 1 N–H and O–H groups in total. The molecule has 1 fully saturated rings. The number of nitrogens with one attached hydrogen (secondary N) is 1. The zero-order valence-electron chi connectivity index (χ0n) is 14.9. The van der Waals surface area contributed by atoms with Crippen LogP contribution in [0.1, 0.15) is 10.5 Å². The molecule has 0 aliphatic carbocycles. The number of halogens is 1. The Bertz CT molecular complexity index is 889. The predicted molar refractivity (Wildman–Crippen MR) is 106 cm³/mol. The third-order valence-corrected chi connectivity index (χ3v) is 4.95. The lowest BCUT2D eigenvalue weighted by atomic mass is 10.1. The SMILES string of the molecule is CN(C)C/C=C(\C#N)C(=O)c1cc2cc(N3CCOCC3)c(Br)cc2[nH]1. The number of carbonyl (C=O) groups excluding carboxylic acids is 1. The Morgan fingerprint density at radius 3 is 2.77 bits per heavy atom. The van der Waals surface area contributed by atoms with Crippen molar-refractivity contribution in [3.8, 4) is 6.07 Å². The number of carbonyl (C=O) groups is 1. The third kappa shape index (κ3) is 3.98. The van der Waals surface area contributed by atoms with Crippen LogP contribution in [0.3, 0.4) is 0 Å². The highest BCUT2D eigenvalue weighted by atomic mass is 79.9. The lowest BCUT2D eigenvalue weighted by Crippen LogP contribution is -2.36. The Morgan fingerprint density at radius 2 is 2.12 bits per heavy atom. The average Bonchev–Trinajstić information content (AvgIpc) is 3.04. The van der Waals surface area contributed by atoms with Gasteiger partial charge < -0.3 is 19.5 Å². The third-order valence-electron chi connectivity index (χ3n) is 4.31. The van der Waals surface area contributed by atoms with E-state index in [1.807, 2.05) is 37.2 Å². The summed E-state index contributed by atoms with van der Waals surface area (Å²) in [6.45, 7) is 3.65. The smallest absolute Gasteiger partial charge is 0.219 e. The maximum Gasteiger partial charge on any atom is 0.219 e. The maximum atomic E-state index is 12.7. The van der Waals surface area contributed by atoms with E-state index in [1.54, 1.807) is 6.08 Å². The molecule has 3 rings (SSSR count). The molecule has 0 spiro atoms. The zero-order valence-corrected chi connectivity index (χ0v) is 16.5. The van der Waals surface area contributed by atoms with Gasteiger partial charge in [-0.3, -0.25) is 4.79 Å². The van der Waals surface area contributed by atoms with Crippen LogP contribution in [0.5, 0.6) is 0 Å². The van der Waals surface area contributed by atoms with Crippen molar-refractivity contribution in [2.24, 2.45) is 0 Å². The maximum absolute atomic E-state index is 12.7. The molecule has 1 aromatic carbocycles. The van der Waals surface area contributed by atoms with Gasteiger partial charge in [0.1, 0.15) is 6.07 Å². The Kier molecular flexibility index (Phi) is 5.77. The van der Waals surface area contributed by atoms with Gasteiger partial charge >= 0.3 is 0 Å². The largest absolute Gasteiger partial charge is 0.378 e. The van der Waals surface area contributed by atoms with Crippen molar-refractivity contribution in [1.29, 1.82) is 5.26 Å². The molecule has 1 aliphatic rings. The van der Waals surface area contributed by atoms with Crippen LogP contribution in [-0.2, 0) is 4.74 Å². The molecular formula is C19H21BrN4O2. The first kappa shape index (κ1) is 18.6. The predicted octanol–water partition coefficient (Wildman–Crippen LogP) is 2.96. The van der Waals surface area contributed by atoms with Gasteiger partial charge in [0.25, 0.3) is 0 Å². The van der Waals surface area contributed by atoms with Crippen molar-refractivity contribution >= 4 is 38.3 Å². The van der Waals surface area contributed by atoms with E-state index in [2.05, 4.69) is 31.9 Å². The summed E-state index contributed by atoms with van der Waals surface area (Å²) in [6.07, 6.45) is 1.66. The van der Waals surface area contributed by atoms with Gasteiger partial charge in [-0.1, -0.05) is 0 Å². The van der Waals surface area contributed by atoms with Crippen molar-refractivity contribution in [2.45, 2.75) is 0 Å². The normalized spacial score (nSPS) is 15.5. The van der Waals surface area contributed by atoms with Crippen molar-refractivity contribution in [2.75, 3.05) is 51.8 Å². The summed E-state index contributed by atoms with van der Waals surface area (Å²) >= 11 is 3.63. The van der Waals surface area contributed by atoms with Gasteiger partial charge in [0.2, 0.25) is 5.78 Å².